The number of benzene rings is 1. The fourth-order valence-electron chi connectivity index (χ4n) is 1.98. The Morgan fingerprint density at radius 3 is 2.43 bits per heavy atom. The fraction of sp³-hybridized carbons (Fsp3) is 0.500. The normalized spacial score (nSPS) is 12.5. The summed E-state index contributed by atoms with van der Waals surface area (Å²) in [6.45, 7) is 5.54. The first-order valence-corrected chi connectivity index (χ1v) is 8.82. The van der Waals surface area contributed by atoms with Crippen molar-refractivity contribution in [3.05, 3.63) is 35.1 Å². The smallest absolute Gasteiger partial charge is 0.191 e. The zero-order valence-electron chi connectivity index (χ0n) is 12.6. The van der Waals surface area contributed by atoms with E-state index in [4.69, 9.17) is 5.73 Å². The van der Waals surface area contributed by atoms with E-state index >= 15 is 0 Å². The van der Waals surface area contributed by atoms with Crippen molar-refractivity contribution in [3.63, 3.8) is 0 Å². The molecule has 0 saturated heterocycles. The Labute approximate surface area is 125 Å². The highest BCUT2D eigenvalue weighted by atomic mass is 32.2. The second kappa shape index (κ2) is 7.40. The highest BCUT2D eigenvalue weighted by molar-refractivity contribution is 7.89. The number of nitrogens with zero attached hydrogens (tertiary/aromatic N) is 2. The molecule has 118 valence electrons. The molecule has 1 aromatic rings. The highest BCUT2D eigenvalue weighted by Gasteiger charge is 2.11. The first kappa shape index (κ1) is 17.4. The molecule has 1 aromatic carbocycles. The largest absolute Gasteiger partial charge is 0.370 e. The molecule has 0 aromatic heterocycles. The SMILES string of the molecule is CCN(CC)C(N)=NCc1cc(F)ccc1CS(C)(=O)=O. The van der Waals surface area contributed by atoms with Gasteiger partial charge in [0.25, 0.3) is 0 Å². The summed E-state index contributed by atoms with van der Waals surface area (Å²) >= 11 is 0. The monoisotopic (exact) mass is 315 g/mol. The van der Waals surface area contributed by atoms with E-state index in [1.54, 1.807) is 0 Å². The van der Waals surface area contributed by atoms with Crippen LogP contribution in [0.25, 0.3) is 0 Å². The first-order valence-electron chi connectivity index (χ1n) is 6.76. The zero-order valence-corrected chi connectivity index (χ0v) is 13.5. The van der Waals surface area contributed by atoms with E-state index in [1.807, 2.05) is 18.7 Å². The predicted molar refractivity (Wildman–Crippen MR) is 83.2 cm³/mol. The van der Waals surface area contributed by atoms with Crippen molar-refractivity contribution < 1.29 is 12.8 Å². The third kappa shape index (κ3) is 5.71. The Balaban J connectivity index is 3.01. The Hall–Kier alpha value is -1.63. The van der Waals surface area contributed by atoms with Crippen LogP contribution in [-0.2, 0) is 22.1 Å². The third-order valence-corrected chi connectivity index (χ3v) is 3.92. The van der Waals surface area contributed by atoms with Crippen molar-refractivity contribution >= 4 is 15.8 Å². The van der Waals surface area contributed by atoms with Gasteiger partial charge in [-0.15, -0.1) is 0 Å². The van der Waals surface area contributed by atoms with Crippen molar-refractivity contribution in [1.29, 1.82) is 0 Å². The van der Waals surface area contributed by atoms with Gasteiger partial charge in [0.1, 0.15) is 5.82 Å². The summed E-state index contributed by atoms with van der Waals surface area (Å²) in [6, 6.07) is 4.04. The van der Waals surface area contributed by atoms with Gasteiger partial charge in [-0.1, -0.05) is 6.07 Å². The van der Waals surface area contributed by atoms with Crippen LogP contribution in [-0.4, -0.2) is 38.6 Å². The van der Waals surface area contributed by atoms with Crippen LogP contribution < -0.4 is 5.73 Å². The van der Waals surface area contributed by atoms with Gasteiger partial charge < -0.3 is 10.6 Å². The lowest BCUT2D eigenvalue weighted by Gasteiger charge is -2.19. The van der Waals surface area contributed by atoms with Crippen molar-refractivity contribution in [2.75, 3.05) is 19.3 Å². The van der Waals surface area contributed by atoms with E-state index < -0.39 is 15.7 Å². The van der Waals surface area contributed by atoms with Gasteiger partial charge in [0, 0.05) is 19.3 Å². The topological polar surface area (TPSA) is 75.8 Å². The minimum atomic E-state index is -3.19. The lowest BCUT2D eigenvalue weighted by atomic mass is 10.1. The summed E-state index contributed by atoms with van der Waals surface area (Å²) in [6.07, 6.45) is 1.15. The number of hydrogen-bond donors (Lipinski definition) is 1. The Morgan fingerprint density at radius 2 is 1.90 bits per heavy atom. The van der Waals surface area contributed by atoms with Crippen molar-refractivity contribution in [1.82, 2.24) is 4.90 Å². The summed E-state index contributed by atoms with van der Waals surface area (Å²) in [5.41, 5.74) is 6.95. The van der Waals surface area contributed by atoms with Crippen LogP contribution in [0.5, 0.6) is 0 Å². The zero-order chi connectivity index (χ0) is 16.0. The van der Waals surface area contributed by atoms with Gasteiger partial charge in [-0.05, 0) is 37.1 Å². The van der Waals surface area contributed by atoms with E-state index in [0.29, 0.717) is 17.1 Å². The molecule has 0 aliphatic heterocycles. The molecular formula is C14H22FN3O2S. The summed E-state index contributed by atoms with van der Waals surface area (Å²) in [5, 5.41) is 0. The molecule has 0 fully saturated rings. The van der Waals surface area contributed by atoms with Crippen molar-refractivity contribution in [2.24, 2.45) is 10.7 Å². The highest BCUT2D eigenvalue weighted by Crippen LogP contribution is 2.15. The second-order valence-electron chi connectivity index (χ2n) is 4.83. The molecule has 0 aliphatic carbocycles. The van der Waals surface area contributed by atoms with Crippen LogP contribution in [0.1, 0.15) is 25.0 Å². The Kier molecular flexibility index (Phi) is 6.14. The fourth-order valence-corrected chi connectivity index (χ4v) is 2.83. The Bertz CT molecular complexity index is 611. The van der Waals surface area contributed by atoms with Gasteiger partial charge in [0.05, 0.1) is 12.3 Å². The summed E-state index contributed by atoms with van der Waals surface area (Å²) in [7, 11) is -3.19. The molecule has 5 nitrogen and oxygen atoms in total. The minimum absolute atomic E-state index is 0.136. The standard InChI is InChI=1S/C14H22FN3O2S/c1-4-18(5-2)14(16)17-9-12-8-13(15)7-6-11(12)10-21(3,19)20/h6-8H,4-5,9-10H2,1-3H3,(H2,16,17). The van der Waals surface area contributed by atoms with Gasteiger partial charge >= 0.3 is 0 Å². The van der Waals surface area contributed by atoms with Crippen LogP contribution in [0.15, 0.2) is 23.2 Å². The van der Waals surface area contributed by atoms with Crippen LogP contribution in [0.4, 0.5) is 4.39 Å². The average molecular weight is 315 g/mol. The molecule has 0 radical (unpaired) electrons. The number of aliphatic imine (C=N–C) groups is 1. The number of hydrogen-bond acceptors (Lipinski definition) is 3. The maximum atomic E-state index is 13.4. The number of sulfone groups is 1. The van der Waals surface area contributed by atoms with Crippen LogP contribution >= 0.6 is 0 Å². The summed E-state index contributed by atoms with van der Waals surface area (Å²) in [4.78, 5) is 6.10. The van der Waals surface area contributed by atoms with Gasteiger partial charge in [-0.3, -0.25) is 0 Å². The van der Waals surface area contributed by atoms with E-state index in [2.05, 4.69) is 4.99 Å². The summed E-state index contributed by atoms with van der Waals surface area (Å²) < 4.78 is 36.2. The number of nitrogens with two attached hydrogens (primary N) is 1. The lowest BCUT2D eigenvalue weighted by molar-refractivity contribution is 0.458. The van der Waals surface area contributed by atoms with E-state index in [1.165, 1.54) is 18.2 Å². The van der Waals surface area contributed by atoms with Gasteiger partial charge in [-0.25, -0.2) is 17.8 Å². The molecule has 0 unspecified atom stereocenters. The molecule has 0 spiro atoms. The second-order valence-corrected chi connectivity index (χ2v) is 6.97. The first-order chi connectivity index (χ1) is 9.76. The maximum Gasteiger partial charge on any atom is 0.191 e. The molecule has 0 heterocycles. The van der Waals surface area contributed by atoms with Gasteiger partial charge in [0.15, 0.2) is 15.8 Å². The number of halogens is 1. The minimum Gasteiger partial charge on any atom is -0.370 e. The Morgan fingerprint density at radius 1 is 1.29 bits per heavy atom. The molecular weight excluding hydrogens is 293 g/mol. The number of rotatable bonds is 6. The molecule has 0 saturated carbocycles. The van der Waals surface area contributed by atoms with E-state index in [-0.39, 0.29) is 12.3 Å². The molecule has 2 N–H and O–H groups in total. The van der Waals surface area contributed by atoms with Crippen molar-refractivity contribution in [2.45, 2.75) is 26.1 Å². The van der Waals surface area contributed by atoms with Crippen LogP contribution in [0.2, 0.25) is 0 Å². The van der Waals surface area contributed by atoms with Gasteiger partial charge in [0.2, 0.25) is 0 Å². The number of guanidine groups is 1. The van der Waals surface area contributed by atoms with E-state index in [9.17, 15) is 12.8 Å². The third-order valence-electron chi connectivity index (χ3n) is 3.08. The molecule has 0 amide bonds. The molecule has 0 atom stereocenters. The predicted octanol–water partition coefficient (Wildman–Crippen LogP) is 1.53. The average Bonchev–Trinajstić information content (AvgIpc) is 2.39. The van der Waals surface area contributed by atoms with Crippen LogP contribution in [0, 0.1) is 5.82 Å². The summed E-state index contributed by atoms with van der Waals surface area (Å²) in [5.74, 6) is -0.183. The molecule has 21 heavy (non-hydrogen) atoms. The molecule has 0 bridgehead atoms. The van der Waals surface area contributed by atoms with Crippen LogP contribution in [0.3, 0.4) is 0 Å². The molecule has 1 rings (SSSR count). The molecule has 0 aliphatic rings. The van der Waals surface area contributed by atoms with E-state index in [0.717, 1.165) is 19.3 Å². The van der Waals surface area contributed by atoms with Crippen molar-refractivity contribution in [3.8, 4) is 0 Å². The lowest BCUT2D eigenvalue weighted by Crippen LogP contribution is -2.37. The quantitative estimate of drug-likeness (QED) is 0.638. The molecule has 7 heteroatoms. The van der Waals surface area contributed by atoms with Gasteiger partial charge in [-0.2, -0.15) is 0 Å². The maximum absolute atomic E-state index is 13.4.